The van der Waals surface area contributed by atoms with Gasteiger partial charge in [-0.2, -0.15) is 0 Å². The van der Waals surface area contributed by atoms with Crippen molar-refractivity contribution in [1.82, 2.24) is 0 Å². The van der Waals surface area contributed by atoms with E-state index in [2.05, 4.69) is 5.32 Å². The van der Waals surface area contributed by atoms with Crippen molar-refractivity contribution >= 4 is 11.4 Å². The van der Waals surface area contributed by atoms with Crippen LogP contribution in [0.15, 0.2) is 18.2 Å². The highest BCUT2D eigenvalue weighted by molar-refractivity contribution is 5.53. The average Bonchev–Trinajstić information content (AvgIpc) is 2.37. The van der Waals surface area contributed by atoms with E-state index >= 15 is 0 Å². The molecule has 0 bridgehead atoms. The zero-order valence-corrected chi connectivity index (χ0v) is 12.0. The van der Waals surface area contributed by atoms with Crippen LogP contribution in [0.4, 0.5) is 15.8 Å². The maximum atomic E-state index is 13.9. The Morgan fingerprint density at radius 2 is 2.29 bits per heavy atom. The minimum Gasteiger partial charge on any atom is -0.379 e. The predicted molar refractivity (Wildman–Crippen MR) is 76.8 cm³/mol. The highest BCUT2D eigenvalue weighted by Gasteiger charge is 2.59. The van der Waals surface area contributed by atoms with Crippen LogP contribution in [-0.2, 0) is 4.74 Å². The summed E-state index contributed by atoms with van der Waals surface area (Å²) in [7, 11) is 0. The van der Waals surface area contributed by atoms with Gasteiger partial charge in [0.1, 0.15) is 5.82 Å². The number of hydrogen-bond donors (Lipinski definition) is 1. The molecule has 0 amide bonds. The Hall–Kier alpha value is -1.69. The zero-order valence-electron chi connectivity index (χ0n) is 12.0. The fourth-order valence-corrected chi connectivity index (χ4v) is 3.57. The van der Waals surface area contributed by atoms with Crippen molar-refractivity contribution < 1.29 is 14.1 Å². The van der Waals surface area contributed by atoms with Crippen LogP contribution < -0.4 is 5.32 Å². The lowest BCUT2D eigenvalue weighted by atomic mass is 9.51. The summed E-state index contributed by atoms with van der Waals surface area (Å²) in [6, 6.07) is 3.74. The first-order chi connectivity index (χ1) is 10.1. The van der Waals surface area contributed by atoms with Crippen molar-refractivity contribution in [2.45, 2.75) is 44.8 Å². The molecule has 114 valence electrons. The van der Waals surface area contributed by atoms with Crippen LogP contribution >= 0.6 is 0 Å². The smallest absolute Gasteiger partial charge is 0.271 e. The molecule has 6 heteroatoms. The molecule has 0 heterocycles. The van der Waals surface area contributed by atoms with Crippen LogP contribution in [0.25, 0.3) is 0 Å². The summed E-state index contributed by atoms with van der Waals surface area (Å²) in [6.45, 7) is 2.66. The minimum absolute atomic E-state index is 0.0903. The quantitative estimate of drug-likeness (QED) is 0.667. The summed E-state index contributed by atoms with van der Waals surface area (Å²) in [4.78, 5) is 10.3. The molecule has 2 fully saturated rings. The number of rotatable bonds is 5. The normalized spacial score (nSPS) is 26.0. The molecular formula is C15H19FN2O3. The molecule has 5 nitrogen and oxygen atoms in total. The van der Waals surface area contributed by atoms with Gasteiger partial charge in [0.2, 0.25) is 0 Å². The molecule has 0 radical (unpaired) electrons. The zero-order chi connectivity index (χ0) is 15.0. The Bertz CT molecular complexity index is 560. The lowest BCUT2D eigenvalue weighted by molar-refractivity contribution is -0.384. The summed E-state index contributed by atoms with van der Waals surface area (Å²) < 4.78 is 19.6. The Morgan fingerprint density at radius 3 is 2.86 bits per heavy atom. The fourth-order valence-electron chi connectivity index (χ4n) is 3.57. The first-order valence-electron chi connectivity index (χ1n) is 7.39. The monoisotopic (exact) mass is 294 g/mol. The van der Waals surface area contributed by atoms with Gasteiger partial charge in [0, 0.05) is 30.2 Å². The van der Waals surface area contributed by atoms with Crippen molar-refractivity contribution in [2.75, 3.05) is 11.9 Å². The van der Waals surface area contributed by atoms with Crippen molar-refractivity contribution in [3.8, 4) is 0 Å². The molecule has 0 saturated heterocycles. The van der Waals surface area contributed by atoms with Crippen LogP contribution in [-0.4, -0.2) is 23.7 Å². The molecule has 1 spiro atoms. The number of anilines is 1. The van der Waals surface area contributed by atoms with Crippen LogP contribution in [0, 0.1) is 21.3 Å². The third kappa shape index (κ3) is 2.27. The van der Waals surface area contributed by atoms with Crippen molar-refractivity contribution in [3.05, 3.63) is 34.1 Å². The van der Waals surface area contributed by atoms with Crippen molar-refractivity contribution in [2.24, 2.45) is 5.41 Å². The molecule has 2 unspecified atom stereocenters. The number of non-ortho nitro benzene ring substituents is 1. The van der Waals surface area contributed by atoms with E-state index in [1.54, 1.807) is 0 Å². The highest BCUT2D eigenvalue weighted by Crippen LogP contribution is 2.58. The predicted octanol–water partition coefficient (Wildman–Crippen LogP) is 3.49. The molecule has 1 N–H and O–H groups in total. The molecule has 2 atom stereocenters. The summed E-state index contributed by atoms with van der Waals surface area (Å²) in [5.74, 6) is -0.449. The average molecular weight is 294 g/mol. The van der Waals surface area contributed by atoms with Gasteiger partial charge in [0.25, 0.3) is 5.69 Å². The standard InChI is InChI=1S/C15H19FN2O3/c1-2-21-14-9-13(15(14)6-3-7-15)17-12-8-10(18(19)20)4-5-11(12)16/h4-5,8,13-14,17H,2-3,6-7,9H2,1H3. The van der Waals surface area contributed by atoms with Gasteiger partial charge < -0.3 is 10.1 Å². The van der Waals surface area contributed by atoms with E-state index in [9.17, 15) is 14.5 Å². The lowest BCUT2D eigenvalue weighted by Crippen LogP contribution is -2.64. The molecule has 2 aliphatic rings. The maximum Gasteiger partial charge on any atom is 0.271 e. The van der Waals surface area contributed by atoms with Gasteiger partial charge in [-0.1, -0.05) is 6.42 Å². The van der Waals surface area contributed by atoms with Gasteiger partial charge in [-0.05, 0) is 32.3 Å². The maximum absolute atomic E-state index is 13.9. The van der Waals surface area contributed by atoms with E-state index in [0.29, 0.717) is 6.61 Å². The van der Waals surface area contributed by atoms with E-state index in [1.165, 1.54) is 18.6 Å². The molecule has 21 heavy (non-hydrogen) atoms. The molecule has 3 rings (SSSR count). The minimum atomic E-state index is -0.506. The number of benzene rings is 1. The molecule has 0 aliphatic heterocycles. The molecule has 2 aliphatic carbocycles. The third-order valence-electron chi connectivity index (χ3n) is 4.93. The van der Waals surface area contributed by atoms with Gasteiger partial charge in [0.15, 0.2) is 0 Å². The SMILES string of the molecule is CCOC1CC(Nc2cc([N+](=O)[O-])ccc2F)C12CCC2. The molecule has 1 aromatic rings. The fraction of sp³-hybridized carbons (Fsp3) is 0.600. The van der Waals surface area contributed by atoms with Gasteiger partial charge in [-0.25, -0.2) is 4.39 Å². The Kier molecular flexibility index (Phi) is 3.57. The first kappa shape index (κ1) is 14.3. The third-order valence-corrected chi connectivity index (χ3v) is 4.93. The van der Waals surface area contributed by atoms with Crippen LogP contribution in [0.1, 0.15) is 32.6 Å². The van der Waals surface area contributed by atoms with Gasteiger partial charge in [0.05, 0.1) is 16.7 Å². The number of ether oxygens (including phenoxy) is 1. The molecule has 0 aromatic heterocycles. The number of nitro benzene ring substituents is 1. The Labute approximate surface area is 122 Å². The summed E-state index contributed by atoms with van der Waals surface area (Å²) in [6.07, 6.45) is 4.38. The second-order valence-electron chi connectivity index (χ2n) is 5.88. The lowest BCUT2D eigenvalue weighted by Gasteiger charge is -2.61. The van der Waals surface area contributed by atoms with Crippen molar-refractivity contribution in [1.29, 1.82) is 0 Å². The van der Waals surface area contributed by atoms with Crippen LogP contribution in [0.2, 0.25) is 0 Å². The van der Waals surface area contributed by atoms with Gasteiger partial charge in [-0.15, -0.1) is 0 Å². The van der Waals surface area contributed by atoms with E-state index in [4.69, 9.17) is 4.74 Å². The molecule has 2 saturated carbocycles. The largest absolute Gasteiger partial charge is 0.379 e. The topological polar surface area (TPSA) is 64.4 Å². The number of nitrogens with zero attached hydrogens (tertiary/aromatic N) is 1. The van der Waals surface area contributed by atoms with Crippen LogP contribution in [0.3, 0.4) is 0 Å². The Balaban J connectivity index is 1.75. The summed E-state index contributed by atoms with van der Waals surface area (Å²) in [5.41, 5.74) is 0.213. The summed E-state index contributed by atoms with van der Waals surface area (Å²) in [5, 5.41) is 14.0. The number of nitro groups is 1. The number of halogens is 1. The number of hydrogen-bond acceptors (Lipinski definition) is 4. The van der Waals surface area contributed by atoms with E-state index in [0.717, 1.165) is 25.3 Å². The van der Waals surface area contributed by atoms with Gasteiger partial charge >= 0.3 is 0 Å². The number of nitrogens with one attached hydrogen (secondary N) is 1. The molecular weight excluding hydrogens is 275 g/mol. The second-order valence-corrected chi connectivity index (χ2v) is 5.88. The molecule has 1 aromatic carbocycles. The van der Waals surface area contributed by atoms with Crippen LogP contribution in [0.5, 0.6) is 0 Å². The van der Waals surface area contributed by atoms with E-state index in [-0.39, 0.29) is 28.9 Å². The van der Waals surface area contributed by atoms with E-state index in [1.807, 2.05) is 6.92 Å². The second kappa shape index (κ2) is 5.26. The van der Waals surface area contributed by atoms with E-state index < -0.39 is 10.7 Å². The summed E-state index contributed by atoms with van der Waals surface area (Å²) >= 11 is 0. The van der Waals surface area contributed by atoms with Gasteiger partial charge in [-0.3, -0.25) is 10.1 Å². The van der Waals surface area contributed by atoms with Crippen molar-refractivity contribution in [3.63, 3.8) is 0 Å². The Morgan fingerprint density at radius 1 is 1.52 bits per heavy atom. The first-order valence-corrected chi connectivity index (χ1v) is 7.39. The highest BCUT2D eigenvalue weighted by atomic mass is 19.1.